The molecule has 2 fully saturated rings. The van der Waals surface area contributed by atoms with Crippen LogP contribution in [0.2, 0.25) is 0 Å². The van der Waals surface area contributed by atoms with Gasteiger partial charge >= 0.3 is 0 Å². The summed E-state index contributed by atoms with van der Waals surface area (Å²) in [6, 6.07) is 3.47. The van der Waals surface area contributed by atoms with Crippen LogP contribution >= 0.6 is 0 Å². The van der Waals surface area contributed by atoms with Crippen LogP contribution in [0.4, 0.5) is 21.6 Å². The first-order chi connectivity index (χ1) is 18.8. The highest BCUT2D eigenvalue weighted by Gasteiger charge is 2.27. The number of carbonyl (C=O) groups is 2. The minimum Gasteiger partial charge on any atom is -0.379 e. The first-order valence-corrected chi connectivity index (χ1v) is 13.7. The molecule has 0 bridgehead atoms. The van der Waals surface area contributed by atoms with Crippen molar-refractivity contribution in [2.75, 3.05) is 16.0 Å². The molecule has 2 aliphatic carbocycles. The number of rotatable bonds is 10. The molecule has 0 unspecified atom stereocenters. The molecule has 2 aliphatic rings. The van der Waals surface area contributed by atoms with E-state index in [-0.39, 0.29) is 29.4 Å². The topological polar surface area (TPSA) is 151 Å². The Labute approximate surface area is 226 Å². The van der Waals surface area contributed by atoms with Gasteiger partial charge in [-0.2, -0.15) is 0 Å². The molecule has 208 valence electrons. The minimum absolute atomic E-state index is 0.0320. The highest BCUT2D eigenvalue weighted by atomic mass is 19.1. The number of nitrogens with two attached hydrogens (primary N) is 1. The van der Waals surface area contributed by atoms with Crippen LogP contribution in [0.3, 0.4) is 0 Å². The molecule has 0 spiro atoms. The lowest BCUT2D eigenvalue weighted by molar-refractivity contribution is -0.123. The number of amides is 2. The zero-order valence-electron chi connectivity index (χ0n) is 22.3. The van der Waals surface area contributed by atoms with Gasteiger partial charge in [-0.05, 0) is 56.9 Å². The number of nitrogens with one attached hydrogen (secondary N) is 4. The molecule has 0 radical (unpaired) electrons. The van der Waals surface area contributed by atoms with Crippen molar-refractivity contribution in [2.45, 2.75) is 83.0 Å². The van der Waals surface area contributed by atoms with Crippen molar-refractivity contribution in [2.24, 2.45) is 11.7 Å². The third-order valence-corrected chi connectivity index (χ3v) is 7.15. The molecule has 0 aromatic carbocycles. The Morgan fingerprint density at radius 1 is 1.05 bits per heavy atom. The van der Waals surface area contributed by atoms with Gasteiger partial charge in [0.2, 0.25) is 5.91 Å². The fraction of sp³-hybridized carbons (Fsp3) is 0.519. The van der Waals surface area contributed by atoms with Gasteiger partial charge in [-0.1, -0.05) is 13.8 Å². The number of aromatic nitrogens is 4. The third-order valence-electron chi connectivity index (χ3n) is 7.15. The molecule has 6 N–H and O–H groups in total. The van der Waals surface area contributed by atoms with Gasteiger partial charge in [0.25, 0.3) is 5.91 Å². The van der Waals surface area contributed by atoms with Gasteiger partial charge < -0.3 is 27.0 Å². The number of carbonyl (C=O) groups excluding carboxylic acids is 2. The number of pyridine rings is 1. The largest absolute Gasteiger partial charge is 0.379 e. The zero-order chi connectivity index (χ0) is 27.5. The van der Waals surface area contributed by atoms with Gasteiger partial charge in [-0.15, -0.1) is 5.10 Å². The molecule has 0 aliphatic heterocycles. The highest BCUT2D eigenvalue weighted by molar-refractivity contribution is 6.03. The maximum atomic E-state index is 14.1. The van der Waals surface area contributed by atoms with E-state index in [0.29, 0.717) is 29.8 Å². The van der Waals surface area contributed by atoms with Crippen LogP contribution in [0.5, 0.6) is 0 Å². The van der Waals surface area contributed by atoms with Crippen LogP contribution < -0.4 is 27.0 Å². The number of fused-ring (bicyclic) bond motifs is 1. The van der Waals surface area contributed by atoms with Gasteiger partial charge in [-0.3, -0.25) is 14.6 Å². The van der Waals surface area contributed by atoms with Gasteiger partial charge in [0, 0.05) is 30.4 Å². The molecule has 5 rings (SSSR count). The summed E-state index contributed by atoms with van der Waals surface area (Å²) >= 11 is 0. The second-order valence-electron chi connectivity index (χ2n) is 11.0. The second kappa shape index (κ2) is 11.5. The molecule has 2 saturated carbocycles. The van der Waals surface area contributed by atoms with Crippen molar-refractivity contribution in [3.63, 3.8) is 0 Å². The third kappa shape index (κ3) is 6.62. The molecule has 2 amide bonds. The van der Waals surface area contributed by atoms with Crippen molar-refractivity contribution in [1.82, 2.24) is 24.9 Å². The molecule has 3 aromatic heterocycles. The van der Waals surface area contributed by atoms with Gasteiger partial charge in [0.1, 0.15) is 5.82 Å². The Morgan fingerprint density at radius 2 is 1.74 bits per heavy atom. The van der Waals surface area contributed by atoms with Crippen molar-refractivity contribution >= 4 is 34.7 Å². The number of imidazole rings is 1. The summed E-state index contributed by atoms with van der Waals surface area (Å²) in [6.07, 6.45) is 10.1. The van der Waals surface area contributed by atoms with Crippen molar-refractivity contribution < 1.29 is 14.0 Å². The first-order valence-electron chi connectivity index (χ1n) is 13.7. The quantitative estimate of drug-likeness (QED) is 0.264. The predicted octanol–water partition coefficient (Wildman–Crippen LogP) is 3.30. The summed E-state index contributed by atoms with van der Waals surface area (Å²) in [4.78, 5) is 33.6. The minimum atomic E-state index is -0.625. The zero-order valence-corrected chi connectivity index (χ0v) is 22.3. The van der Waals surface area contributed by atoms with Crippen molar-refractivity contribution in [3.05, 3.63) is 42.2 Å². The lowest BCUT2D eigenvalue weighted by atomic mass is 9.90. The van der Waals surface area contributed by atoms with E-state index < -0.39 is 17.8 Å². The predicted molar refractivity (Wildman–Crippen MR) is 147 cm³/mol. The summed E-state index contributed by atoms with van der Waals surface area (Å²) in [5, 5.41) is 17.3. The fourth-order valence-corrected chi connectivity index (χ4v) is 4.92. The van der Waals surface area contributed by atoms with Crippen molar-refractivity contribution in [3.8, 4) is 0 Å². The smallest absolute Gasteiger partial charge is 0.276 e. The molecular formula is C27H36FN9O2. The van der Waals surface area contributed by atoms with E-state index in [9.17, 15) is 14.0 Å². The molecular weight excluding hydrogens is 501 g/mol. The number of anilines is 3. The van der Waals surface area contributed by atoms with Gasteiger partial charge in [0.15, 0.2) is 17.2 Å². The van der Waals surface area contributed by atoms with E-state index in [1.807, 2.05) is 6.07 Å². The number of halogens is 1. The maximum absolute atomic E-state index is 14.1. The molecule has 12 heteroatoms. The number of hydrogen-bond donors (Lipinski definition) is 5. The van der Waals surface area contributed by atoms with Crippen LogP contribution in [0.1, 0.15) is 69.3 Å². The summed E-state index contributed by atoms with van der Waals surface area (Å²) in [5.41, 5.74) is 7.57. The van der Waals surface area contributed by atoms with E-state index in [2.05, 4.69) is 50.2 Å². The van der Waals surface area contributed by atoms with E-state index in [1.165, 1.54) is 23.0 Å². The Morgan fingerprint density at radius 3 is 2.44 bits per heavy atom. The molecule has 11 nitrogen and oxygen atoms in total. The van der Waals surface area contributed by atoms with Crippen LogP contribution in [-0.4, -0.2) is 55.6 Å². The fourth-order valence-electron chi connectivity index (χ4n) is 4.92. The van der Waals surface area contributed by atoms with E-state index >= 15 is 0 Å². The monoisotopic (exact) mass is 537 g/mol. The molecule has 0 saturated heterocycles. The lowest BCUT2D eigenvalue weighted by Crippen LogP contribution is -2.47. The number of nitrogens with zero attached hydrogens (tertiary/aromatic N) is 4. The van der Waals surface area contributed by atoms with Crippen molar-refractivity contribution in [1.29, 1.82) is 0 Å². The molecule has 1 atom stereocenters. The van der Waals surface area contributed by atoms with E-state index in [0.717, 1.165) is 50.4 Å². The summed E-state index contributed by atoms with van der Waals surface area (Å²) in [5.74, 6) is -0.255. The van der Waals surface area contributed by atoms with Gasteiger partial charge in [-0.25, -0.2) is 13.9 Å². The van der Waals surface area contributed by atoms with E-state index in [1.54, 1.807) is 0 Å². The first kappa shape index (κ1) is 26.8. The van der Waals surface area contributed by atoms with Crippen LogP contribution in [0, 0.1) is 11.7 Å². The summed E-state index contributed by atoms with van der Waals surface area (Å²) in [6.45, 7) is 4.11. The maximum Gasteiger partial charge on any atom is 0.276 e. The Kier molecular flexibility index (Phi) is 7.92. The average molecular weight is 538 g/mol. The standard InChI is InChI=1S/C27H36FN9O2/c1-15(2)11-20(29)26(38)34-18-7-5-17(6-8-18)33-24-12-22(32-16-3-4-16)25-31-14-23(37(25)36-24)27(39)35-21-9-10-30-13-19(21)28/h9-10,12-18,20,32H,3-8,11,29H2,1-2H3,(H,33,36)(H,34,38)(H,30,35,39)/t17?,18?,20-/m0/s1. The van der Waals surface area contributed by atoms with Gasteiger partial charge in [0.05, 0.1) is 29.8 Å². The average Bonchev–Trinajstić information content (AvgIpc) is 3.61. The Bertz CT molecular complexity index is 1330. The SMILES string of the molecule is CC(C)C[C@H](N)C(=O)NC1CCC(Nc2cc(NC3CC3)c3ncc(C(=O)Nc4ccncc4F)n3n2)CC1. The highest BCUT2D eigenvalue weighted by Crippen LogP contribution is 2.30. The van der Waals surface area contributed by atoms with E-state index in [4.69, 9.17) is 5.73 Å². The van der Waals surface area contributed by atoms with Crippen LogP contribution in [0.15, 0.2) is 30.7 Å². The lowest BCUT2D eigenvalue weighted by Gasteiger charge is -2.31. The Hall–Kier alpha value is -3.80. The van der Waals surface area contributed by atoms with Crippen LogP contribution in [0.25, 0.3) is 5.65 Å². The molecule has 39 heavy (non-hydrogen) atoms. The number of hydrogen-bond acceptors (Lipinski definition) is 8. The van der Waals surface area contributed by atoms with Crippen LogP contribution in [-0.2, 0) is 4.79 Å². The second-order valence-corrected chi connectivity index (χ2v) is 11.0. The molecule has 3 aromatic rings. The Balaban J connectivity index is 1.28. The summed E-state index contributed by atoms with van der Waals surface area (Å²) in [7, 11) is 0. The summed E-state index contributed by atoms with van der Waals surface area (Å²) < 4.78 is 15.6. The normalized spacial score (nSPS) is 20.0. The molecule has 3 heterocycles.